The predicted octanol–water partition coefficient (Wildman–Crippen LogP) is 12.3. The zero-order valence-corrected chi connectivity index (χ0v) is 53.0. The number of aliphatic imine (C=N–C) groups is 6. The standard InChI is InChI=1S/C72H76N10O15/c83-65(21-23-67(85)79-59-19-17-45(39-63(59)96-29-25-47-41-75-55-13-5-1-9-51(47)55)69(87)81-61(71(89)90)37-49-43-77-57-15-7-3-11-53(49)57)73-27-31-93-33-35-95-36-34-94-32-28-74-66(84)22-24-68(86)80-60-20-18-46(40-64(60)97-30-26-48-42-76-56-14-6-2-10-52(48)56)70(88)82-62(72(91)92)38-50-44-78-58-16-8-4-12-54(50)58/h1-20,39-44,61-62,75-78H,21-38H2,(H,73,83)(H,74,84)(H,79,85)(H,80,86)(H,81,87)(H,82,88)(H,89,90)(H,91,92)/t61-,62-/m0/s1. The van der Waals surface area contributed by atoms with Gasteiger partial charge in [0.05, 0.1) is 65.9 Å². The molecule has 0 spiro atoms. The topological polar surface area (TPSA) is 379 Å². The van der Waals surface area contributed by atoms with E-state index in [9.17, 15) is 50.4 Å². The molecule has 504 valence electrons. The van der Waals surface area contributed by atoms with E-state index in [4.69, 9.17) is 23.7 Å². The smallest absolute Gasteiger partial charge is 0.328 e. The van der Waals surface area contributed by atoms with E-state index in [-0.39, 0.29) is 162 Å². The van der Waals surface area contributed by atoms with Crippen molar-refractivity contribution >= 4 is 102 Å². The Labute approximate surface area is 556 Å². The molecule has 0 radical (unpaired) electrons. The minimum atomic E-state index is -1.30. The highest BCUT2D eigenvalue weighted by Crippen LogP contribution is 2.33. The molecule has 6 aromatic carbocycles. The first-order valence-electron chi connectivity index (χ1n) is 31.7. The number of para-hydroxylation sites is 4. The van der Waals surface area contributed by atoms with Crippen LogP contribution in [0.25, 0.3) is 43.6 Å². The van der Waals surface area contributed by atoms with Crippen molar-refractivity contribution in [2.24, 2.45) is 30.0 Å². The summed E-state index contributed by atoms with van der Waals surface area (Å²) >= 11 is 0. The molecule has 10 aromatic rings. The highest BCUT2D eigenvalue weighted by atomic mass is 16.5. The fourth-order valence-electron chi connectivity index (χ4n) is 10.8. The van der Waals surface area contributed by atoms with E-state index in [0.717, 1.165) is 65.9 Å². The zero-order chi connectivity index (χ0) is 67.9. The highest BCUT2D eigenvalue weighted by Gasteiger charge is 2.24. The van der Waals surface area contributed by atoms with E-state index >= 15 is 0 Å². The van der Waals surface area contributed by atoms with Gasteiger partial charge in [0, 0.05) is 131 Å². The number of aliphatic hydroxyl groups excluding tert-OH is 6. The predicted molar refractivity (Wildman–Crippen MR) is 373 cm³/mol. The number of nitrogens with one attached hydrogen (secondary N) is 4. The van der Waals surface area contributed by atoms with E-state index in [1.807, 2.05) is 109 Å². The summed E-state index contributed by atoms with van der Waals surface area (Å²) in [5, 5.41) is 89.2. The van der Waals surface area contributed by atoms with Gasteiger partial charge in [0.1, 0.15) is 22.9 Å². The van der Waals surface area contributed by atoms with Crippen molar-refractivity contribution in [3.8, 4) is 11.5 Å². The van der Waals surface area contributed by atoms with Gasteiger partial charge in [0.2, 0.25) is 11.8 Å². The van der Waals surface area contributed by atoms with Gasteiger partial charge in [-0.1, -0.05) is 72.8 Å². The number of hydrogen-bond donors (Lipinski definition) is 12. The van der Waals surface area contributed by atoms with Crippen molar-refractivity contribution in [3.63, 3.8) is 0 Å². The molecule has 10 rings (SSSR count). The average Bonchev–Trinajstić information content (AvgIpc) is 1.84. The Morgan fingerprint density at radius 3 is 1.08 bits per heavy atom. The molecule has 25 heteroatoms. The molecule has 0 fully saturated rings. The van der Waals surface area contributed by atoms with Crippen molar-refractivity contribution in [1.82, 2.24) is 19.9 Å². The first-order valence-corrected chi connectivity index (χ1v) is 31.7. The summed E-state index contributed by atoms with van der Waals surface area (Å²) in [5.74, 6) is -4.15. The van der Waals surface area contributed by atoms with Gasteiger partial charge in [0.25, 0.3) is 0 Å². The van der Waals surface area contributed by atoms with Crippen LogP contribution in [0.1, 0.15) is 59.1 Å². The Morgan fingerprint density at radius 2 is 0.711 bits per heavy atom. The summed E-state index contributed by atoms with van der Waals surface area (Å²) in [6, 6.07) is 37.1. The second kappa shape index (κ2) is 34.2. The number of aromatic nitrogens is 4. The summed E-state index contributed by atoms with van der Waals surface area (Å²) in [5.41, 5.74) is 7.96. The number of ether oxygens (including phenoxy) is 5. The highest BCUT2D eigenvalue weighted by molar-refractivity contribution is 5.97. The van der Waals surface area contributed by atoms with Crippen molar-refractivity contribution in [1.29, 1.82) is 0 Å². The van der Waals surface area contributed by atoms with E-state index in [2.05, 4.69) is 49.9 Å². The van der Waals surface area contributed by atoms with Crippen LogP contribution in [-0.4, -0.2) is 186 Å². The van der Waals surface area contributed by atoms with E-state index in [1.54, 1.807) is 12.4 Å². The summed E-state index contributed by atoms with van der Waals surface area (Å²) in [6.45, 7) is 2.10. The van der Waals surface area contributed by atoms with Crippen LogP contribution in [0.2, 0.25) is 0 Å². The van der Waals surface area contributed by atoms with Gasteiger partial charge >= 0.3 is 11.9 Å². The number of aromatic amines is 4. The second-order valence-corrected chi connectivity index (χ2v) is 22.5. The summed E-state index contributed by atoms with van der Waals surface area (Å²) in [6.07, 6.45) is 8.15. The molecule has 0 aliphatic heterocycles. The van der Waals surface area contributed by atoms with Crippen molar-refractivity contribution in [2.45, 2.75) is 63.5 Å². The molecule has 0 saturated heterocycles. The fourth-order valence-corrected chi connectivity index (χ4v) is 10.8. The number of carboxylic acids is 2. The molecule has 4 aromatic heterocycles. The van der Waals surface area contributed by atoms with Crippen molar-refractivity contribution in [2.75, 3.05) is 65.9 Å². The third kappa shape index (κ3) is 19.4. The van der Waals surface area contributed by atoms with Crippen LogP contribution in [0.3, 0.4) is 0 Å². The number of fused-ring (bicyclic) bond motifs is 4. The van der Waals surface area contributed by atoms with Gasteiger partial charge in [-0.05, 0) is 82.9 Å². The van der Waals surface area contributed by atoms with Gasteiger partial charge in [-0.2, -0.15) is 0 Å². The number of rotatable bonds is 38. The van der Waals surface area contributed by atoms with Crippen LogP contribution < -0.4 is 9.47 Å². The lowest BCUT2D eigenvalue weighted by Crippen LogP contribution is -2.23. The normalized spacial score (nSPS) is 13.5. The molecule has 25 nitrogen and oxygen atoms in total. The van der Waals surface area contributed by atoms with Crippen LogP contribution in [0.5, 0.6) is 11.5 Å². The maximum absolute atomic E-state index is 12.4. The summed E-state index contributed by atoms with van der Waals surface area (Å²) in [7, 11) is 0. The molecule has 0 amide bonds. The Balaban J connectivity index is 0.632. The first-order chi connectivity index (χ1) is 47.2. The van der Waals surface area contributed by atoms with Crippen LogP contribution in [0.4, 0.5) is 11.4 Å². The number of hydrogen-bond acceptors (Lipinski definition) is 13. The van der Waals surface area contributed by atoms with Crippen molar-refractivity contribution < 1.29 is 74.1 Å². The molecule has 0 bridgehead atoms. The Hall–Kier alpha value is -11.3. The summed E-state index contributed by atoms with van der Waals surface area (Å²) < 4.78 is 29.2. The quantitative estimate of drug-likeness (QED) is 0.00972. The third-order valence-electron chi connectivity index (χ3n) is 15.8. The molecular weight excluding hydrogens is 1240 g/mol. The lowest BCUT2D eigenvalue weighted by atomic mass is 10.1. The van der Waals surface area contributed by atoms with Crippen LogP contribution in [0.15, 0.2) is 188 Å². The number of carbonyl (C=O) groups is 2. The minimum Gasteiger partial charge on any atom is -0.497 e. The molecule has 0 unspecified atom stereocenters. The van der Waals surface area contributed by atoms with Crippen LogP contribution >= 0.6 is 0 Å². The molecule has 0 aliphatic carbocycles. The Bertz CT molecular complexity index is 4220. The first kappa shape index (κ1) is 68.6. The maximum atomic E-state index is 12.4. The Morgan fingerprint density at radius 1 is 0.381 bits per heavy atom. The number of aliphatic hydroxyl groups is 6. The van der Waals surface area contributed by atoms with Gasteiger partial charge < -0.3 is 84.5 Å². The molecule has 0 saturated carbocycles. The molecule has 2 atom stereocenters. The zero-order valence-electron chi connectivity index (χ0n) is 53.0. The third-order valence-corrected chi connectivity index (χ3v) is 15.8. The molecular formula is C72H76N10O15. The number of benzene rings is 6. The molecule has 4 heterocycles. The fraction of sp³-hybridized carbons (Fsp3) is 0.278. The van der Waals surface area contributed by atoms with E-state index in [0.29, 0.717) is 12.8 Å². The van der Waals surface area contributed by atoms with Crippen LogP contribution in [-0.2, 0) is 49.5 Å². The second-order valence-electron chi connectivity index (χ2n) is 22.5. The Kier molecular flexibility index (Phi) is 24.2. The SMILES string of the molecule is O=C(O)[C@H](Cc1c[nH]c2ccccc12)N=C(O)c1ccc(N=C(O)CCC(O)=NCCOCCOCCOCCN=C(O)CCC(O)=Nc2ccc(C(O)=N[C@@H](Cc3c[nH]c4ccccc34)C(=O)O)cc2OCCc2c[nH]c3ccccc23)c(OCCc2c[nH]c3ccccc23)c1. The monoisotopic (exact) mass is 1320 g/mol. The van der Waals surface area contributed by atoms with Gasteiger partial charge in [-0.3, -0.25) is 9.98 Å². The largest absolute Gasteiger partial charge is 0.497 e. The number of carboxylic acid groups (broad SMARTS) is 2. The molecule has 0 aliphatic rings. The summed E-state index contributed by atoms with van der Waals surface area (Å²) in [4.78, 5) is 62.9. The van der Waals surface area contributed by atoms with Gasteiger partial charge in [-0.15, -0.1) is 0 Å². The van der Waals surface area contributed by atoms with Gasteiger partial charge in [-0.25, -0.2) is 29.6 Å². The van der Waals surface area contributed by atoms with E-state index < -0.39 is 35.8 Å². The van der Waals surface area contributed by atoms with Gasteiger partial charge in [0.15, 0.2) is 35.7 Å². The number of nitrogens with zero attached hydrogens (tertiary/aromatic N) is 6. The van der Waals surface area contributed by atoms with Crippen LogP contribution in [0, 0.1) is 0 Å². The minimum absolute atomic E-state index is 0.0238. The van der Waals surface area contributed by atoms with Crippen molar-refractivity contribution in [3.05, 3.63) is 192 Å². The number of H-pyrrole nitrogens is 4. The lowest BCUT2D eigenvalue weighted by molar-refractivity contribution is -0.139. The van der Waals surface area contributed by atoms with E-state index in [1.165, 1.54) is 36.4 Å². The number of aliphatic carboxylic acids is 2. The lowest BCUT2D eigenvalue weighted by Gasteiger charge is -2.12. The maximum Gasteiger partial charge on any atom is 0.328 e. The molecule has 12 N–H and O–H groups in total. The average molecular weight is 1320 g/mol. The molecule has 97 heavy (non-hydrogen) atoms.